The zero-order valence-corrected chi connectivity index (χ0v) is 7.07. The van der Waals surface area contributed by atoms with E-state index < -0.39 is 17.6 Å². The Bertz CT molecular complexity index is 163. The van der Waals surface area contributed by atoms with Crippen LogP contribution in [-0.2, 0) is 9.59 Å². The molecule has 0 saturated carbocycles. The van der Waals surface area contributed by atoms with Crippen LogP contribution in [0.2, 0.25) is 0 Å². The average molecular weight is 178 g/mol. The first kappa shape index (κ1) is 13.4. The second kappa shape index (κ2) is 5.50. The molecular formula is C6H14N2O4. The molecule has 0 heterocycles. The van der Waals surface area contributed by atoms with Crippen molar-refractivity contribution in [2.45, 2.75) is 25.9 Å². The highest BCUT2D eigenvalue weighted by molar-refractivity contribution is 5.77. The van der Waals surface area contributed by atoms with Gasteiger partial charge in [-0.25, -0.2) is 4.79 Å². The fourth-order valence-electron chi connectivity index (χ4n) is 0.151. The zero-order chi connectivity index (χ0) is 10.4. The normalized spacial score (nSPS) is 9.67. The first-order valence-electron chi connectivity index (χ1n) is 3.24. The molecule has 0 radical (unpaired) electrons. The molecular weight excluding hydrogens is 164 g/mol. The number of aliphatic carboxylic acids is 2. The van der Waals surface area contributed by atoms with Crippen molar-refractivity contribution >= 4 is 11.9 Å². The zero-order valence-electron chi connectivity index (χ0n) is 7.07. The van der Waals surface area contributed by atoms with Crippen molar-refractivity contribution < 1.29 is 19.8 Å². The lowest BCUT2D eigenvalue weighted by Gasteiger charge is -2.14. The van der Waals surface area contributed by atoms with Gasteiger partial charge in [-0.1, -0.05) is 6.92 Å². The first-order valence-corrected chi connectivity index (χ1v) is 3.24. The van der Waals surface area contributed by atoms with Crippen LogP contribution in [0.1, 0.15) is 20.3 Å². The van der Waals surface area contributed by atoms with Gasteiger partial charge in [0.2, 0.25) is 0 Å². The van der Waals surface area contributed by atoms with Gasteiger partial charge in [0, 0.05) is 6.92 Å². The number of carboxylic acid groups (broad SMARTS) is 2. The molecule has 0 atom stereocenters. The van der Waals surface area contributed by atoms with Gasteiger partial charge < -0.3 is 21.7 Å². The molecule has 0 rings (SSSR count). The fourth-order valence-corrected chi connectivity index (χ4v) is 0.151. The van der Waals surface area contributed by atoms with Crippen LogP contribution in [0.5, 0.6) is 0 Å². The molecule has 0 bridgehead atoms. The Hall–Kier alpha value is -1.14. The van der Waals surface area contributed by atoms with Crippen LogP contribution in [0.15, 0.2) is 0 Å². The van der Waals surface area contributed by atoms with E-state index in [0.717, 1.165) is 6.92 Å². The van der Waals surface area contributed by atoms with Gasteiger partial charge >= 0.3 is 5.97 Å². The SMILES string of the molecule is CC(=O)O.CCC(N)(N)C(=O)O. The maximum Gasteiger partial charge on any atom is 0.338 e. The largest absolute Gasteiger partial charge is 0.481 e. The summed E-state index contributed by atoms with van der Waals surface area (Å²) in [6, 6.07) is 0. The molecule has 0 unspecified atom stereocenters. The summed E-state index contributed by atoms with van der Waals surface area (Å²) in [6.07, 6.45) is 0.238. The summed E-state index contributed by atoms with van der Waals surface area (Å²) in [5, 5.41) is 15.6. The third kappa shape index (κ3) is 8.86. The molecule has 0 fully saturated rings. The molecule has 12 heavy (non-hydrogen) atoms. The summed E-state index contributed by atoms with van der Waals surface area (Å²) in [6.45, 7) is 2.70. The van der Waals surface area contributed by atoms with Crippen LogP contribution in [-0.4, -0.2) is 27.8 Å². The van der Waals surface area contributed by atoms with E-state index in [4.69, 9.17) is 26.5 Å². The third-order valence-corrected chi connectivity index (χ3v) is 0.983. The molecule has 0 aliphatic rings. The molecule has 0 aromatic rings. The molecule has 0 aliphatic heterocycles. The Morgan fingerprint density at radius 1 is 1.33 bits per heavy atom. The standard InChI is InChI=1S/C4H10N2O2.C2H4O2/c1-2-4(5,6)3(7)8;1-2(3)4/h2,5-6H2,1H3,(H,7,8);1H3,(H,3,4). The Balaban J connectivity index is 0. The van der Waals surface area contributed by atoms with Gasteiger partial charge in [-0.3, -0.25) is 4.79 Å². The van der Waals surface area contributed by atoms with Gasteiger partial charge in [0.15, 0.2) is 5.66 Å². The molecule has 0 aliphatic carbocycles. The average Bonchev–Trinajstić information content (AvgIpc) is 1.86. The molecule has 72 valence electrons. The Morgan fingerprint density at radius 2 is 1.58 bits per heavy atom. The molecule has 0 aromatic heterocycles. The Morgan fingerprint density at radius 3 is 1.58 bits per heavy atom. The van der Waals surface area contributed by atoms with Crippen LogP contribution in [0.3, 0.4) is 0 Å². The van der Waals surface area contributed by atoms with Crippen LogP contribution in [0.4, 0.5) is 0 Å². The van der Waals surface area contributed by atoms with Crippen molar-refractivity contribution in [3.8, 4) is 0 Å². The summed E-state index contributed by atoms with van der Waals surface area (Å²) in [4.78, 5) is 19.0. The third-order valence-electron chi connectivity index (χ3n) is 0.983. The van der Waals surface area contributed by atoms with E-state index in [1.165, 1.54) is 0 Å². The van der Waals surface area contributed by atoms with E-state index in [-0.39, 0.29) is 6.42 Å². The minimum absolute atomic E-state index is 0.238. The van der Waals surface area contributed by atoms with Crippen LogP contribution < -0.4 is 11.5 Å². The number of nitrogens with two attached hydrogens (primary N) is 2. The van der Waals surface area contributed by atoms with E-state index in [1.54, 1.807) is 6.92 Å². The summed E-state index contributed by atoms with van der Waals surface area (Å²) >= 11 is 0. The van der Waals surface area contributed by atoms with Crippen LogP contribution >= 0.6 is 0 Å². The number of carboxylic acids is 2. The van der Waals surface area contributed by atoms with Crippen molar-refractivity contribution in [2.75, 3.05) is 0 Å². The van der Waals surface area contributed by atoms with E-state index in [0.29, 0.717) is 0 Å². The number of rotatable bonds is 2. The van der Waals surface area contributed by atoms with E-state index in [1.807, 2.05) is 0 Å². The Labute approximate surface area is 70.2 Å². The maximum absolute atomic E-state index is 10.0. The quantitative estimate of drug-likeness (QED) is 0.409. The van der Waals surface area contributed by atoms with E-state index in [9.17, 15) is 4.79 Å². The maximum atomic E-state index is 10.0. The molecule has 6 N–H and O–H groups in total. The van der Waals surface area contributed by atoms with E-state index in [2.05, 4.69) is 0 Å². The lowest BCUT2D eigenvalue weighted by molar-refractivity contribution is -0.143. The van der Waals surface area contributed by atoms with Gasteiger partial charge in [0.05, 0.1) is 0 Å². The number of hydrogen-bond donors (Lipinski definition) is 4. The van der Waals surface area contributed by atoms with Gasteiger partial charge in [0.1, 0.15) is 0 Å². The van der Waals surface area contributed by atoms with Crippen molar-refractivity contribution in [3.63, 3.8) is 0 Å². The smallest absolute Gasteiger partial charge is 0.338 e. The summed E-state index contributed by atoms with van der Waals surface area (Å²) in [7, 11) is 0. The topological polar surface area (TPSA) is 127 Å². The first-order chi connectivity index (χ1) is 5.24. The highest BCUT2D eigenvalue weighted by atomic mass is 16.4. The second-order valence-corrected chi connectivity index (χ2v) is 2.22. The molecule has 0 saturated heterocycles. The fraction of sp³-hybridized carbons (Fsp3) is 0.667. The molecule has 0 aromatic carbocycles. The van der Waals surface area contributed by atoms with Crippen molar-refractivity contribution in [2.24, 2.45) is 11.5 Å². The van der Waals surface area contributed by atoms with Crippen molar-refractivity contribution in [3.05, 3.63) is 0 Å². The van der Waals surface area contributed by atoms with Crippen molar-refractivity contribution in [1.82, 2.24) is 0 Å². The summed E-state index contributed by atoms with van der Waals surface area (Å²) in [5.41, 5.74) is 8.53. The predicted octanol–water partition coefficient (Wildman–Crippen LogP) is -0.814. The minimum Gasteiger partial charge on any atom is -0.481 e. The van der Waals surface area contributed by atoms with Gasteiger partial charge in [-0.05, 0) is 6.42 Å². The molecule has 6 heteroatoms. The van der Waals surface area contributed by atoms with Crippen LogP contribution in [0, 0.1) is 0 Å². The van der Waals surface area contributed by atoms with Gasteiger partial charge in [-0.15, -0.1) is 0 Å². The summed E-state index contributed by atoms with van der Waals surface area (Å²) < 4.78 is 0. The second-order valence-electron chi connectivity index (χ2n) is 2.22. The molecule has 0 spiro atoms. The van der Waals surface area contributed by atoms with Gasteiger partial charge in [-0.2, -0.15) is 0 Å². The Kier molecular flexibility index (Phi) is 6.17. The number of carbonyl (C=O) groups is 2. The molecule has 6 nitrogen and oxygen atoms in total. The predicted molar refractivity (Wildman–Crippen MR) is 42.3 cm³/mol. The lowest BCUT2D eigenvalue weighted by atomic mass is 10.1. The highest BCUT2D eigenvalue weighted by Gasteiger charge is 2.25. The summed E-state index contributed by atoms with van der Waals surface area (Å²) in [5.74, 6) is -2.00. The highest BCUT2D eigenvalue weighted by Crippen LogP contribution is 1.94. The lowest BCUT2D eigenvalue weighted by Crippen LogP contribution is -2.55. The number of hydrogen-bond acceptors (Lipinski definition) is 4. The monoisotopic (exact) mass is 178 g/mol. The van der Waals surface area contributed by atoms with E-state index >= 15 is 0 Å². The molecule has 0 amide bonds. The van der Waals surface area contributed by atoms with Gasteiger partial charge in [0.25, 0.3) is 5.97 Å². The minimum atomic E-state index is -1.54. The van der Waals surface area contributed by atoms with Crippen molar-refractivity contribution in [1.29, 1.82) is 0 Å². The van der Waals surface area contributed by atoms with Crippen LogP contribution in [0.25, 0.3) is 0 Å².